The van der Waals surface area contributed by atoms with E-state index < -0.39 is 18.0 Å². The summed E-state index contributed by atoms with van der Waals surface area (Å²) in [6.45, 7) is 5.30. The number of aromatic nitrogens is 2. The Labute approximate surface area is 198 Å². The lowest BCUT2D eigenvalue weighted by Crippen LogP contribution is -2.18. The van der Waals surface area contributed by atoms with Gasteiger partial charge in [0.1, 0.15) is 15.3 Å². The van der Waals surface area contributed by atoms with E-state index in [4.69, 9.17) is 13.9 Å². The minimum atomic E-state index is -0.777. The molecule has 1 aliphatic carbocycles. The number of carbonyl (C=O) groups excluding carboxylic acids is 2. The first-order valence-electron chi connectivity index (χ1n) is 11.3. The number of esters is 2. The molecule has 9 heteroatoms. The number of hydrogen-bond acceptors (Lipinski definition) is 8. The molecule has 1 aromatic carbocycles. The normalized spacial score (nSPS) is 13.9. The van der Waals surface area contributed by atoms with Gasteiger partial charge in [0.25, 0.3) is 5.56 Å². The molecule has 176 valence electrons. The monoisotopic (exact) mass is 480 g/mol. The fourth-order valence-electron chi connectivity index (χ4n) is 4.48. The molecule has 0 bridgehead atoms. The Balaban J connectivity index is 1.36. The first-order valence-corrected chi connectivity index (χ1v) is 12.1. The van der Waals surface area contributed by atoms with Gasteiger partial charge >= 0.3 is 11.9 Å². The van der Waals surface area contributed by atoms with Gasteiger partial charge in [-0.25, -0.2) is 9.78 Å². The number of aromatic amines is 1. The summed E-state index contributed by atoms with van der Waals surface area (Å²) in [5, 5.41) is 1.27. The number of furan rings is 1. The Hall–Kier alpha value is -3.46. The maximum absolute atomic E-state index is 12.7. The number of fused-ring (bicyclic) bond motifs is 3. The third-order valence-electron chi connectivity index (χ3n) is 6.18. The van der Waals surface area contributed by atoms with Crippen LogP contribution in [-0.4, -0.2) is 28.5 Å². The Morgan fingerprint density at radius 1 is 1.26 bits per heavy atom. The molecule has 0 spiro atoms. The fourth-order valence-corrected chi connectivity index (χ4v) is 5.56. The van der Waals surface area contributed by atoms with Crippen molar-refractivity contribution in [1.82, 2.24) is 9.97 Å². The molecule has 3 heterocycles. The van der Waals surface area contributed by atoms with Gasteiger partial charge in [-0.15, -0.1) is 11.3 Å². The van der Waals surface area contributed by atoms with Crippen LogP contribution in [0.5, 0.6) is 0 Å². The van der Waals surface area contributed by atoms with Gasteiger partial charge in [0.05, 0.1) is 24.7 Å². The van der Waals surface area contributed by atoms with Crippen molar-refractivity contribution in [2.75, 3.05) is 6.61 Å². The molecule has 1 atom stereocenters. The summed E-state index contributed by atoms with van der Waals surface area (Å²) < 4.78 is 16.3. The van der Waals surface area contributed by atoms with Crippen LogP contribution >= 0.6 is 11.3 Å². The molecule has 0 saturated heterocycles. The topological polar surface area (TPSA) is 111 Å². The van der Waals surface area contributed by atoms with Crippen molar-refractivity contribution in [1.29, 1.82) is 0 Å². The zero-order valence-corrected chi connectivity index (χ0v) is 20.0. The smallest absolute Gasteiger partial charge is 0.348 e. The summed E-state index contributed by atoms with van der Waals surface area (Å²) in [5.41, 5.74) is 4.30. The number of H-pyrrole nitrogens is 1. The SMILES string of the molecule is CCOC(=O)c1sc2nc([C@@H](C)OC(=O)Cc3coc4cc5c(cc34)CCC5)[nH]c(=O)c2c1C. The van der Waals surface area contributed by atoms with Crippen molar-refractivity contribution in [2.45, 2.75) is 52.6 Å². The van der Waals surface area contributed by atoms with Gasteiger partial charge in [-0.1, -0.05) is 0 Å². The predicted molar refractivity (Wildman–Crippen MR) is 127 cm³/mol. The number of benzene rings is 1. The largest absolute Gasteiger partial charge is 0.464 e. The van der Waals surface area contributed by atoms with E-state index in [2.05, 4.69) is 22.1 Å². The van der Waals surface area contributed by atoms with Crippen LogP contribution in [0.15, 0.2) is 27.6 Å². The minimum absolute atomic E-state index is 0.0493. The molecule has 5 rings (SSSR count). The van der Waals surface area contributed by atoms with Crippen molar-refractivity contribution < 1.29 is 23.5 Å². The van der Waals surface area contributed by atoms with Crippen LogP contribution in [0.1, 0.15) is 64.1 Å². The van der Waals surface area contributed by atoms with E-state index in [9.17, 15) is 14.4 Å². The minimum Gasteiger partial charge on any atom is -0.464 e. The zero-order valence-electron chi connectivity index (χ0n) is 19.1. The molecular formula is C25H24N2O6S. The van der Waals surface area contributed by atoms with Crippen molar-refractivity contribution in [3.63, 3.8) is 0 Å². The lowest BCUT2D eigenvalue weighted by Gasteiger charge is -2.12. The van der Waals surface area contributed by atoms with Gasteiger partial charge in [-0.05, 0) is 68.9 Å². The Bertz CT molecular complexity index is 1490. The molecule has 3 aromatic heterocycles. The highest BCUT2D eigenvalue weighted by Gasteiger charge is 2.23. The zero-order chi connectivity index (χ0) is 24.0. The van der Waals surface area contributed by atoms with Gasteiger partial charge in [-0.3, -0.25) is 9.59 Å². The molecule has 0 saturated carbocycles. The number of carbonyl (C=O) groups is 2. The van der Waals surface area contributed by atoms with Gasteiger partial charge in [-0.2, -0.15) is 0 Å². The highest BCUT2D eigenvalue weighted by Crippen LogP contribution is 2.31. The van der Waals surface area contributed by atoms with E-state index in [1.165, 1.54) is 11.1 Å². The van der Waals surface area contributed by atoms with E-state index in [1.807, 2.05) is 0 Å². The highest BCUT2D eigenvalue weighted by atomic mass is 32.1. The summed E-state index contributed by atoms with van der Waals surface area (Å²) in [6.07, 6.45) is 4.11. The number of hydrogen-bond donors (Lipinski definition) is 1. The van der Waals surface area contributed by atoms with E-state index in [1.54, 1.807) is 27.0 Å². The Morgan fingerprint density at radius 3 is 2.79 bits per heavy atom. The second-order valence-corrected chi connectivity index (χ2v) is 9.45. The van der Waals surface area contributed by atoms with Crippen LogP contribution in [0.2, 0.25) is 0 Å². The maximum Gasteiger partial charge on any atom is 0.348 e. The van der Waals surface area contributed by atoms with Crippen molar-refractivity contribution in [2.24, 2.45) is 0 Å². The number of ether oxygens (including phenoxy) is 2. The lowest BCUT2D eigenvalue weighted by molar-refractivity contribution is -0.148. The molecule has 0 aliphatic heterocycles. The average Bonchev–Trinajstić information content (AvgIpc) is 3.50. The lowest BCUT2D eigenvalue weighted by atomic mass is 10.0. The standard InChI is InChI=1S/C25H24N2O6S/c1-4-31-25(30)21-12(2)20-23(29)26-22(27-24(20)34-21)13(3)33-19(28)10-16-11-32-18-9-15-7-5-6-14(15)8-17(16)18/h8-9,11,13H,4-7,10H2,1-3H3,(H,26,27,29)/t13-/m1/s1. The second kappa shape index (κ2) is 8.72. The van der Waals surface area contributed by atoms with Crippen molar-refractivity contribution in [3.8, 4) is 0 Å². The van der Waals surface area contributed by atoms with Crippen LogP contribution < -0.4 is 5.56 Å². The van der Waals surface area contributed by atoms with Crippen molar-refractivity contribution >= 4 is 44.5 Å². The second-order valence-electron chi connectivity index (χ2n) is 8.45. The number of nitrogens with one attached hydrogen (secondary N) is 1. The summed E-state index contributed by atoms with van der Waals surface area (Å²) in [4.78, 5) is 45.5. The van der Waals surface area contributed by atoms with Gasteiger partial charge in [0.15, 0.2) is 11.9 Å². The quantitative estimate of drug-likeness (QED) is 0.403. The summed E-state index contributed by atoms with van der Waals surface area (Å²) >= 11 is 1.09. The van der Waals surface area contributed by atoms with Gasteiger partial charge in [0, 0.05) is 10.9 Å². The van der Waals surface area contributed by atoms with Gasteiger partial charge < -0.3 is 18.9 Å². The summed E-state index contributed by atoms with van der Waals surface area (Å²) in [5.74, 6) is -0.716. The van der Waals surface area contributed by atoms with E-state index >= 15 is 0 Å². The fraction of sp³-hybridized carbons (Fsp3) is 0.360. The van der Waals surface area contributed by atoms with E-state index in [-0.39, 0.29) is 24.4 Å². The average molecular weight is 481 g/mol. The third kappa shape index (κ3) is 3.90. The maximum atomic E-state index is 12.7. The van der Waals surface area contributed by atoms with E-state index in [0.717, 1.165) is 47.1 Å². The first-order chi connectivity index (χ1) is 16.4. The molecule has 4 aromatic rings. The molecule has 1 aliphatic rings. The van der Waals surface area contributed by atoms with Crippen LogP contribution in [0, 0.1) is 6.92 Å². The molecule has 0 fully saturated rings. The van der Waals surface area contributed by atoms with Gasteiger partial charge in [0.2, 0.25) is 0 Å². The number of aryl methyl sites for hydroxylation is 3. The van der Waals surface area contributed by atoms with Crippen LogP contribution in [0.25, 0.3) is 21.2 Å². The van der Waals surface area contributed by atoms with Crippen molar-refractivity contribution in [3.05, 3.63) is 61.7 Å². The number of nitrogens with zero attached hydrogens (tertiary/aromatic N) is 1. The Morgan fingerprint density at radius 2 is 2.03 bits per heavy atom. The predicted octanol–water partition coefficient (Wildman–Crippen LogP) is 4.55. The molecule has 1 N–H and O–H groups in total. The summed E-state index contributed by atoms with van der Waals surface area (Å²) in [7, 11) is 0. The first kappa shape index (κ1) is 22.3. The molecule has 34 heavy (non-hydrogen) atoms. The number of rotatable bonds is 6. The van der Waals surface area contributed by atoms with Crippen LogP contribution in [0.4, 0.5) is 0 Å². The van der Waals surface area contributed by atoms with E-state index in [0.29, 0.717) is 20.7 Å². The highest BCUT2D eigenvalue weighted by molar-refractivity contribution is 7.20. The third-order valence-corrected chi connectivity index (χ3v) is 7.34. The molecule has 0 unspecified atom stereocenters. The molecule has 0 radical (unpaired) electrons. The number of thiophene rings is 1. The molecular weight excluding hydrogens is 456 g/mol. The van der Waals surface area contributed by atoms with Crippen LogP contribution in [0.3, 0.4) is 0 Å². The molecule has 0 amide bonds. The summed E-state index contributed by atoms with van der Waals surface area (Å²) in [6, 6.07) is 4.17. The Kier molecular flexibility index (Phi) is 5.73. The van der Waals surface area contributed by atoms with Crippen LogP contribution in [-0.2, 0) is 33.5 Å². The molecule has 8 nitrogen and oxygen atoms in total.